The minimum Gasteiger partial charge on any atom is -0.380 e. The van der Waals surface area contributed by atoms with E-state index in [1.165, 1.54) is 16.2 Å². The average Bonchev–Trinajstić information content (AvgIpc) is 3.63. The van der Waals surface area contributed by atoms with Gasteiger partial charge in [-0.15, -0.1) is 11.3 Å². The molecule has 0 bridgehead atoms. The molecule has 2 amide bonds. The second-order valence-corrected chi connectivity index (χ2v) is 9.64. The number of anilines is 1. The number of aliphatic hydroxyl groups is 2. The van der Waals surface area contributed by atoms with E-state index in [1.807, 2.05) is 60.9 Å². The Morgan fingerprint density at radius 2 is 1.94 bits per heavy atom. The summed E-state index contributed by atoms with van der Waals surface area (Å²) >= 11 is 1.48. The number of aromatic nitrogens is 3. The lowest BCUT2D eigenvalue weighted by Gasteiger charge is -2.28. The molecule has 0 unspecified atom stereocenters. The third kappa shape index (κ3) is 5.37. The first kappa shape index (κ1) is 24.8. The molecular formula is C24H30N6O4S. The maximum Gasteiger partial charge on any atom is 0.255 e. The van der Waals surface area contributed by atoms with Crippen LogP contribution in [0.3, 0.4) is 0 Å². The van der Waals surface area contributed by atoms with Crippen LogP contribution >= 0.6 is 11.3 Å². The molecule has 3 heterocycles. The molecule has 1 aliphatic rings. The monoisotopic (exact) mass is 498 g/mol. The number of nitrogens with one attached hydrogen (secondary N) is 1. The predicted octanol–water partition coefficient (Wildman–Crippen LogP) is 1.66. The summed E-state index contributed by atoms with van der Waals surface area (Å²) < 4.78 is 1.72. The Bertz CT molecular complexity index is 1150. The fourth-order valence-electron chi connectivity index (χ4n) is 4.14. The SMILES string of the molecule is C[C@@H](NC(=O)[C@H](O)[C@@H](O)C(=O)N1CCC[C@@H]1c1csc(N(C)C)n1)c1ccc(-n2cccn2)cc1. The summed E-state index contributed by atoms with van der Waals surface area (Å²) in [6.45, 7) is 2.20. The first-order valence-corrected chi connectivity index (χ1v) is 12.3. The molecule has 4 atom stereocenters. The van der Waals surface area contributed by atoms with Gasteiger partial charge in [-0.2, -0.15) is 5.10 Å². The van der Waals surface area contributed by atoms with Crippen molar-refractivity contribution in [3.05, 3.63) is 59.4 Å². The van der Waals surface area contributed by atoms with Gasteiger partial charge in [0.2, 0.25) is 0 Å². The van der Waals surface area contributed by atoms with Crippen LogP contribution in [0.5, 0.6) is 0 Å². The molecule has 1 saturated heterocycles. The van der Waals surface area contributed by atoms with Gasteiger partial charge in [0.1, 0.15) is 0 Å². The molecule has 1 fully saturated rings. The molecule has 11 heteroatoms. The number of benzene rings is 1. The molecule has 3 aromatic rings. The van der Waals surface area contributed by atoms with Gasteiger partial charge in [0.05, 0.1) is 23.5 Å². The van der Waals surface area contributed by atoms with Crippen LogP contribution in [0.4, 0.5) is 5.13 Å². The molecule has 35 heavy (non-hydrogen) atoms. The van der Waals surface area contributed by atoms with Gasteiger partial charge in [-0.3, -0.25) is 9.59 Å². The minimum absolute atomic E-state index is 0.287. The first-order valence-electron chi connectivity index (χ1n) is 11.5. The highest BCUT2D eigenvalue weighted by Gasteiger charge is 2.39. The standard InChI is InChI=1S/C24H30N6O4S/c1-15(16-7-9-17(10-8-16)30-13-5-11-25-30)26-22(33)20(31)21(32)23(34)29-12-4-6-19(29)18-14-35-24(27-18)28(2)3/h5,7-11,13-15,19-21,31-32H,4,6,12H2,1-3H3,(H,26,33)/t15-,19-,20-,21-/m1/s1. The number of nitrogens with zero attached hydrogens (tertiary/aromatic N) is 5. The van der Waals surface area contributed by atoms with E-state index in [4.69, 9.17) is 0 Å². The van der Waals surface area contributed by atoms with E-state index < -0.39 is 30.1 Å². The Morgan fingerprint density at radius 1 is 1.20 bits per heavy atom. The molecule has 186 valence electrons. The van der Waals surface area contributed by atoms with Crippen molar-refractivity contribution in [1.82, 2.24) is 25.0 Å². The molecule has 1 aromatic carbocycles. The minimum atomic E-state index is -1.89. The maximum absolute atomic E-state index is 13.0. The van der Waals surface area contributed by atoms with E-state index in [1.54, 1.807) is 17.8 Å². The van der Waals surface area contributed by atoms with Gasteiger partial charge in [-0.05, 0) is 43.5 Å². The zero-order valence-electron chi connectivity index (χ0n) is 19.9. The summed E-state index contributed by atoms with van der Waals surface area (Å²) in [5.41, 5.74) is 2.43. The van der Waals surface area contributed by atoms with Crippen LogP contribution in [0.15, 0.2) is 48.1 Å². The van der Waals surface area contributed by atoms with Crippen molar-refractivity contribution >= 4 is 28.3 Å². The van der Waals surface area contributed by atoms with Crippen molar-refractivity contribution < 1.29 is 19.8 Å². The lowest BCUT2D eigenvalue weighted by atomic mass is 10.1. The van der Waals surface area contributed by atoms with E-state index >= 15 is 0 Å². The van der Waals surface area contributed by atoms with Crippen LogP contribution in [-0.2, 0) is 9.59 Å². The zero-order chi connectivity index (χ0) is 25.1. The molecule has 3 N–H and O–H groups in total. The largest absolute Gasteiger partial charge is 0.380 e. The fraction of sp³-hybridized carbons (Fsp3) is 0.417. The Balaban J connectivity index is 1.37. The topological polar surface area (TPSA) is 124 Å². The van der Waals surface area contributed by atoms with Crippen molar-refractivity contribution in [2.24, 2.45) is 0 Å². The van der Waals surface area contributed by atoms with Gasteiger partial charge in [-0.25, -0.2) is 9.67 Å². The number of likely N-dealkylation sites (tertiary alicyclic amines) is 1. The Kier molecular flexibility index (Phi) is 7.48. The Labute approximate surface area is 207 Å². The summed E-state index contributed by atoms with van der Waals surface area (Å²) in [7, 11) is 3.79. The van der Waals surface area contributed by atoms with Gasteiger partial charge >= 0.3 is 0 Å². The second-order valence-electron chi connectivity index (χ2n) is 8.80. The third-order valence-electron chi connectivity index (χ3n) is 6.11. The smallest absolute Gasteiger partial charge is 0.255 e. The van der Waals surface area contributed by atoms with Crippen LogP contribution in [0, 0.1) is 0 Å². The van der Waals surface area contributed by atoms with Gasteiger partial charge < -0.3 is 25.3 Å². The van der Waals surface area contributed by atoms with E-state index in [0.717, 1.165) is 28.5 Å². The van der Waals surface area contributed by atoms with Gasteiger partial charge in [0, 0.05) is 38.4 Å². The first-order chi connectivity index (χ1) is 16.8. The lowest BCUT2D eigenvalue weighted by Crippen LogP contribution is -2.51. The number of hydrogen-bond acceptors (Lipinski definition) is 8. The summed E-state index contributed by atoms with van der Waals surface area (Å²) in [5, 5.41) is 30.6. The van der Waals surface area contributed by atoms with Crippen molar-refractivity contribution in [3.8, 4) is 5.69 Å². The Hall–Kier alpha value is -3.28. The predicted molar refractivity (Wildman–Crippen MR) is 132 cm³/mol. The molecule has 4 rings (SSSR count). The molecule has 2 aromatic heterocycles. The zero-order valence-corrected chi connectivity index (χ0v) is 20.7. The van der Waals surface area contributed by atoms with Gasteiger partial charge in [-0.1, -0.05) is 12.1 Å². The van der Waals surface area contributed by atoms with Crippen molar-refractivity contribution in [1.29, 1.82) is 0 Å². The number of thiazole rings is 1. The number of carbonyl (C=O) groups excluding carboxylic acids is 2. The second kappa shape index (κ2) is 10.5. The summed E-state index contributed by atoms with van der Waals surface area (Å²) in [6.07, 6.45) is 1.23. The number of carbonyl (C=O) groups is 2. The van der Waals surface area contributed by atoms with Crippen LogP contribution in [0.1, 0.15) is 43.1 Å². The van der Waals surface area contributed by atoms with E-state index in [0.29, 0.717) is 13.0 Å². The summed E-state index contributed by atoms with van der Waals surface area (Å²) in [6, 6.07) is 8.53. The quantitative estimate of drug-likeness (QED) is 0.432. The van der Waals surface area contributed by atoms with E-state index in [2.05, 4.69) is 15.4 Å². The van der Waals surface area contributed by atoms with Crippen molar-refractivity contribution in [2.75, 3.05) is 25.5 Å². The van der Waals surface area contributed by atoms with E-state index in [-0.39, 0.29) is 6.04 Å². The molecule has 0 saturated carbocycles. The van der Waals surface area contributed by atoms with Crippen LogP contribution in [-0.4, -0.2) is 74.5 Å². The maximum atomic E-state index is 13.0. The van der Waals surface area contributed by atoms with Crippen LogP contribution in [0.2, 0.25) is 0 Å². The molecule has 0 radical (unpaired) electrons. The van der Waals surface area contributed by atoms with Crippen LogP contribution in [0.25, 0.3) is 5.69 Å². The lowest BCUT2D eigenvalue weighted by molar-refractivity contribution is -0.154. The highest BCUT2D eigenvalue weighted by Crippen LogP contribution is 2.34. The number of aliphatic hydroxyl groups excluding tert-OH is 2. The number of rotatable bonds is 8. The normalized spacial score (nSPS) is 18.2. The highest BCUT2D eigenvalue weighted by atomic mass is 32.1. The molecular weight excluding hydrogens is 468 g/mol. The van der Waals surface area contributed by atoms with Crippen molar-refractivity contribution in [2.45, 2.75) is 44.1 Å². The van der Waals surface area contributed by atoms with Crippen LogP contribution < -0.4 is 10.2 Å². The molecule has 10 nitrogen and oxygen atoms in total. The number of amides is 2. The molecule has 1 aliphatic heterocycles. The third-order valence-corrected chi connectivity index (χ3v) is 7.14. The Morgan fingerprint density at radius 3 is 2.57 bits per heavy atom. The fourth-order valence-corrected chi connectivity index (χ4v) is 4.95. The van der Waals surface area contributed by atoms with Gasteiger partial charge in [0.15, 0.2) is 17.3 Å². The molecule has 0 spiro atoms. The van der Waals surface area contributed by atoms with Gasteiger partial charge in [0.25, 0.3) is 11.8 Å². The number of hydrogen-bond donors (Lipinski definition) is 3. The highest BCUT2D eigenvalue weighted by molar-refractivity contribution is 7.13. The average molecular weight is 499 g/mol. The van der Waals surface area contributed by atoms with Crippen molar-refractivity contribution in [3.63, 3.8) is 0 Å². The summed E-state index contributed by atoms with van der Waals surface area (Å²) in [4.78, 5) is 33.6. The van der Waals surface area contributed by atoms with E-state index in [9.17, 15) is 19.8 Å². The summed E-state index contributed by atoms with van der Waals surface area (Å²) in [5.74, 6) is -1.49. The molecule has 0 aliphatic carbocycles.